The SMILES string of the molecule is O=C(CSc1nnc(SCC(=O)N/N=C\c2ccc3c(c2)OCO3)s1)N/N=C\c1ccc2c(c1)OCO2. The van der Waals surface area contributed by atoms with Crippen molar-refractivity contribution in [3.8, 4) is 23.0 Å². The van der Waals surface area contributed by atoms with Crippen molar-refractivity contribution in [3.63, 3.8) is 0 Å². The zero-order valence-corrected chi connectivity index (χ0v) is 21.4. The van der Waals surface area contributed by atoms with E-state index in [1.165, 1.54) is 47.3 Å². The van der Waals surface area contributed by atoms with Gasteiger partial charge in [0, 0.05) is 0 Å². The number of carbonyl (C=O) groups is 2. The highest BCUT2D eigenvalue weighted by atomic mass is 32.2. The van der Waals surface area contributed by atoms with Gasteiger partial charge in [0.15, 0.2) is 31.7 Å². The first-order chi connectivity index (χ1) is 18.1. The predicted octanol–water partition coefficient (Wildman–Crippen LogP) is 2.48. The highest BCUT2D eigenvalue weighted by Gasteiger charge is 2.14. The molecule has 0 unspecified atom stereocenters. The van der Waals surface area contributed by atoms with Crippen LogP contribution in [0.4, 0.5) is 0 Å². The number of hydrogen-bond donors (Lipinski definition) is 2. The van der Waals surface area contributed by atoms with Gasteiger partial charge in [0.05, 0.1) is 23.9 Å². The molecule has 0 atom stereocenters. The number of nitrogens with zero attached hydrogens (tertiary/aromatic N) is 4. The van der Waals surface area contributed by atoms with Crippen molar-refractivity contribution in [2.45, 2.75) is 8.68 Å². The van der Waals surface area contributed by atoms with Crippen molar-refractivity contribution in [2.75, 3.05) is 25.1 Å². The summed E-state index contributed by atoms with van der Waals surface area (Å²) in [4.78, 5) is 24.1. The van der Waals surface area contributed by atoms with Gasteiger partial charge in [-0.3, -0.25) is 9.59 Å². The Morgan fingerprint density at radius 2 is 1.24 bits per heavy atom. The molecular weight excluding hydrogens is 540 g/mol. The molecule has 2 aliphatic heterocycles. The van der Waals surface area contributed by atoms with Crippen molar-refractivity contribution in [2.24, 2.45) is 10.2 Å². The molecule has 0 spiro atoms. The van der Waals surface area contributed by atoms with Crippen LogP contribution in [-0.4, -0.2) is 59.5 Å². The molecule has 2 aliphatic rings. The Morgan fingerprint density at radius 1 is 0.784 bits per heavy atom. The topological polar surface area (TPSA) is 146 Å². The second kappa shape index (κ2) is 11.9. The monoisotopic (exact) mass is 558 g/mol. The number of benzene rings is 2. The van der Waals surface area contributed by atoms with Gasteiger partial charge in [-0.05, 0) is 47.5 Å². The van der Waals surface area contributed by atoms with E-state index in [0.29, 0.717) is 31.7 Å². The third-order valence-electron chi connectivity index (χ3n) is 4.64. The van der Waals surface area contributed by atoms with Gasteiger partial charge in [0.25, 0.3) is 11.8 Å². The summed E-state index contributed by atoms with van der Waals surface area (Å²) in [5, 5.41) is 16.0. The van der Waals surface area contributed by atoms with Crippen LogP contribution in [0.2, 0.25) is 0 Å². The van der Waals surface area contributed by atoms with E-state index in [2.05, 4.69) is 31.3 Å². The number of carbonyl (C=O) groups excluding carboxylic acids is 2. The van der Waals surface area contributed by atoms with E-state index in [4.69, 9.17) is 18.9 Å². The Kier molecular flexibility index (Phi) is 8.02. The number of fused-ring (bicyclic) bond motifs is 2. The number of hydrazone groups is 2. The Balaban J connectivity index is 0.996. The molecule has 15 heteroatoms. The first-order valence-electron chi connectivity index (χ1n) is 10.6. The number of ether oxygens (including phenoxy) is 4. The largest absolute Gasteiger partial charge is 0.454 e. The van der Waals surface area contributed by atoms with Crippen molar-refractivity contribution in [1.29, 1.82) is 0 Å². The highest BCUT2D eigenvalue weighted by molar-refractivity contribution is 8.03. The lowest BCUT2D eigenvalue weighted by molar-refractivity contribution is -0.119. The first kappa shape index (κ1) is 24.9. The fourth-order valence-corrected chi connectivity index (χ4v) is 5.58. The molecule has 1 aromatic heterocycles. The van der Waals surface area contributed by atoms with Gasteiger partial charge < -0.3 is 18.9 Å². The summed E-state index contributed by atoms with van der Waals surface area (Å²) in [6.07, 6.45) is 3.04. The second-order valence-corrected chi connectivity index (χ2v) is 10.6. The van der Waals surface area contributed by atoms with Crippen LogP contribution in [0.5, 0.6) is 23.0 Å². The number of hydrogen-bond acceptors (Lipinski definition) is 13. The average molecular weight is 559 g/mol. The summed E-state index contributed by atoms with van der Waals surface area (Å²) in [6, 6.07) is 10.7. The summed E-state index contributed by atoms with van der Waals surface area (Å²) in [7, 11) is 0. The third kappa shape index (κ3) is 6.90. The van der Waals surface area contributed by atoms with E-state index in [0.717, 1.165) is 11.1 Å². The zero-order chi connectivity index (χ0) is 25.5. The molecule has 0 bridgehead atoms. The van der Waals surface area contributed by atoms with Gasteiger partial charge in [-0.1, -0.05) is 34.9 Å². The molecule has 0 aliphatic carbocycles. The van der Waals surface area contributed by atoms with Crippen LogP contribution in [0.3, 0.4) is 0 Å². The normalized spacial score (nSPS) is 13.4. The summed E-state index contributed by atoms with van der Waals surface area (Å²) >= 11 is 3.76. The maximum atomic E-state index is 12.1. The van der Waals surface area contributed by atoms with E-state index >= 15 is 0 Å². The van der Waals surface area contributed by atoms with Crippen molar-refractivity contribution in [1.82, 2.24) is 21.0 Å². The molecule has 2 N–H and O–H groups in total. The lowest BCUT2D eigenvalue weighted by Gasteiger charge is -1.99. The standard InChI is InChI=1S/C22H18N6O6S3/c29-19(25-23-7-13-1-3-15-17(5-13)33-11-31-15)9-35-21-27-28-22(37-21)36-10-20(30)26-24-8-14-2-4-16-18(6-14)34-12-32-16/h1-8H,9-12H2,(H,25,29)(H,26,30)/b23-7-,24-8-. The molecule has 2 aromatic carbocycles. The number of amides is 2. The molecular formula is C22H18N6O6S3. The number of aromatic nitrogens is 2. The summed E-state index contributed by atoms with van der Waals surface area (Å²) in [6.45, 7) is 0.390. The molecule has 3 heterocycles. The lowest BCUT2D eigenvalue weighted by Crippen LogP contribution is -2.19. The summed E-state index contributed by atoms with van der Waals surface area (Å²) < 4.78 is 22.4. The quantitative estimate of drug-likeness (QED) is 0.216. The van der Waals surface area contributed by atoms with Crippen molar-refractivity contribution < 1.29 is 28.5 Å². The number of nitrogens with one attached hydrogen (secondary N) is 2. The molecule has 12 nitrogen and oxygen atoms in total. The van der Waals surface area contributed by atoms with Crippen LogP contribution in [-0.2, 0) is 9.59 Å². The van der Waals surface area contributed by atoms with Crippen LogP contribution in [0.1, 0.15) is 11.1 Å². The summed E-state index contributed by atoms with van der Waals surface area (Å²) in [5.41, 5.74) is 6.48. The lowest BCUT2D eigenvalue weighted by atomic mass is 10.2. The maximum Gasteiger partial charge on any atom is 0.250 e. The molecule has 190 valence electrons. The molecule has 0 saturated heterocycles. The van der Waals surface area contributed by atoms with Crippen LogP contribution >= 0.6 is 34.9 Å². The fraction of sp³-hybridized carbons (Fsp3) is 0.182. The van der Waals surface area contributed by atoms with E-state index in [1.807, 2.05) is 12.1 Å². The predicted molar refractivity (Wildman–Crippen MR) is 138 cm³/mol. The average Bonchev–Trinajstić information content (AvgIpc) is 3.66. The minimum Gasteiger partial charge on any atom is -0.454 e. The number of rotatable bonds is 10. The van der Waals surface area contributed by atoms with Gasteiger partial charge in [0.2, 0.25) is 13.6 Å². The van der Waals surface area contributed by atoms with Gasteiger partial charge >= 0.3 is 0 Å². The minimum absolute atomic E-state index is 0.118. The van der Waals surface area contributed by atoms with Crippen LogP contribution in [0, 0.1) is 0 Å². The summed E-state index contributed by atoms with van der Waals surface area (Å²) in [5.74, 6) is 2.30. The Morgan fingerprint density at radius 3 is 1.73 bits per heavy atom. The zero-order valence-electron chi connectivity index (χ0n) is 18.9. The second-order valence-electron chi connectivity index (χ2n) is 7.22. The molecule has 3 aromatic rings. The molecule has 0 saturated carbocycles. The van der Waals surface area contributed by atoms with E-state index in [1.54, 1.807) is 24.3 Å². The van der Waals surface area contributed by atoms with Crippen LogP contribution in [0.15, 0.2) is 55.3 Å². The van der Waals surface area contributed by atoms with Crippen LogP contribution in [0.25, 0.3) is 0 Å². The molecule has 0 radical (unpaired) electrons. The van der Waals surface area contributed by atoms with Gasteiger partial charge in [-0.2, -0.15) is 10.2 Å². The highest BCUT2D eigenvalue weighted by Crippen LogP contribution is 2.33. The van der Waals surface area contributed by atoms with Crippen molar-refractivity contribution >= 4 is 59.1 Å². The Bertz CT molecular complexity index is 1260. The molecule has 37 heavy (non-hydrogen) atoms. The third-order valence-corrected chi connectivity index (χ3v) is 7.83. The minimum atomic E-state index is -0.286. The van der Waals surface area contributed by atoms with Crippen LogP contribution < -0.4 is 29.8 Å². The molecule has 0 fully saturated rings. The molecule has 2 amide bonds. The number of thioether (sulfide) groups is 2. The van der Waals surface area contributed by atoms with E-state index < -0.39 is 0 Å². The fourth-order valence-electron chi connectivity index (χ4n) is 2.98. The van der Waals surface area contributed by atoms with Gasteiger partial charge in [0.1, 0.15) is 0 Å². The first-order valence-corrected chi connectivity index (χ1v) is 13.4. The Hall–Kier alpha value is -3.82. The van der Waals surface area contributed by atoms with E-state index in [-0.39, 0.29) is 36.9 Å². The Labute approximate surface area is 222 Å². The maximum absolute atomic E-state index is 12.1. The van der Waals surface area contributed by atoms with Gasteiger partial charge in [-0.15, -0.1) is 10.2 Å². The van der Waals surface area contributed by atoms with E-state index in [9.17, 15) is 9.59 Å². The van der Waals surface area contributed by atoms with Gasteiger partial charge in [-0.25, -0.2) is 10.9 Å². The smallest absolute Gasteiger partial charge is 0.250 e. The molecule has 5 rings (SSSR count). The van der Waals surface area contributed by atoms with Crippen molar-refractivity contribution in [3.05, 3.63) is 47.5 Å².